The van der Waals surface area contributed by atoms with Crippen LogP contribution in [-0.4, -0.2) is 19.8 Å². The van der Waals surface area contributed by atoms with Crippen LogP contribution >= 0.6 is 0 Å². The Morgan fingerprint density at radius 2 is 1.86 bits per heavy atom. The fraction of sp³-hybridized carbons (Fsp3) is 0.250. The van der Waals surface area contributed by atoms with E-state index in [1.165, 1.54) is 12.1 Å². The van der Waals surface area contributed by atoms with Crippen molar-refractivity contribution in [2.45, 2.75) is 24.3 Å². The predicted molar refractivity (Wildman–Crippen MR) is 81.3 cm³/mol. The van der Waals surface area contributed by atoms with Gasteiger partial charge >= 0.3 is 0 Å². The first kappa shape index (κ1) is 15.5. The second kappa shape index (κ2) is 6.28. The van der Waals surface area contributed by atoms with Crippen LogP contribution in [0.4, 0.5) is 0 Å². The Hall–Kier alpha value is -1.85. The standard InChI is InChI=1S/C16H18O4S/c1-3-15(17)14-9-4-5-10-16(14)20-12-7-6-8-13(11-12)21(2,18)19/h4-11,15,17H,3H2,1-2H3/t15-/m1/s1. The van der Waals surface area contributed by atoms with Gasteiger partial charge in [0.1, 0.15) is 11.5 Å². The SMILES string of the molecule is CC[C@@H](O)c1ccccc1Oc1cccc(S(C)(=O)=O)c1. The molecule has 2 rings (SSSR count). The number of hydrogen-bond acceptors (Lipinski definition) is 4. The minimum absolute atomic E-state index is 0.202. The molecule has 5 heteroatoms. The Kier molecular flexibility index (Phi) is 4.65. The molecule has 0 fully saturated rings. The van der Waals surface area contributed by atoms with E-state index in [9.17, 15) is 13.5 Å². The number of benzene rings is 2. The summed E-state index contributed by atoms with van der Waals surface area (Å²) in [5.41, 5.74) is 0.685. The molecule has 0 radical (unpaired) electrons. The minimum atomic E-state index is -3.28. The van der Waals surface area contributed by atoms with Gasteiger partial charge in [-0.25, -0.2) is 8.42 Å². The van der Waals surface area contributed by atoms with Crippen LogP contribution in [0.3, 0.4) is 0 Å². The maximum absolute atomic E-state index is 11.6. The lowest BCUT2D eigenvalue weighted by Crippen LogP contribution is -2.00. The van der Waals surface area contributed by atoms with E-state index in [0.29, 0.717) is 23.5 Å². The maximum Gasteiger partial charge on any atom is 0.175 e. The monoisotopic (exact) mass is 306 g/mol. The Morgan fingerprint density at radius 3 is 2.52 bits per heavy atom. The van der Waals surface area contributed by atoms with Crippen LogP contribution in [0, 0.1) is 0 Å². The van der Waals surface area contributed by atoms with Crippen molar-refractivity contribution in [3.8, 4) is 11.5 Å². The van der Waals surface area contributed by atoms with Crippen LogP contribution in [0.5, 0.6) is 11.5 Å². The van der Waals surface area contributed by atoms with Crippen molar-refractivity contribution in [1.82, 2.24) is 0 Å². The molecule has 0 saturated heterocycles. The second-order valence-corrected chi connectivity index (χ2v) is 6.83. The van der Waals surface area contributed by atoms with Gasteiger partial charge in [0.25, 0.3) is 0 Å². The summed E-state index contributed by atoms with van der Waals surface area (Å²) in [7, 11) is -3.28. The highest BCUT2D eigenvalue weighted by Gasteiger charge is 2.13. The summed E-state index contributed by atoms with van der Waals surface area (Å²) in [6, 6.07) is 13.5. The van der Waals surface area contributed by atoms with E-state index in [2.05, 4.69) is 0 Å². The fourth-order valence-corrected chi connectivity index (χ4v) is 2.62. The average Bonchev–Trinajstić information content (AvgIpc) is 2.46. The molecule has 0 amide bonds. The molecule has 0 aliphatic carbocycles. The first-order valence-electron chi connectivity index (χ1n) is 6.66. The zero-order valence-corrected chi connectivity index (χ0v) is 12.8. The van der Waals surface area contributed by atoms with Gasteiger partial charge in [0.15, 0.2) is 9.84 Å². The smallest absolute Gasteiger partial charge is 0.175 e. The van der Waals surface area contributed by atoms with Gasteiger partial charge in [-0.15, -0.1) is 0 Å². The third-order valence-electron chi connectivity index (χ3n) is 3.13. The predicted octanol–water partition coefficient (Wildman–Crippen LogP) is 3.33. The van der Waals surface area contributed by atoms with E-state index in [1.807, 2.05) is 19.1 Å². The second-order valence-electron chi connectivity index (χ2n) is 4.81. The van der Waals surface area contributed by atoms with Gasteiger partial charge in [0.05, 0.1) is 11.0 Å². The molecule has 21 heavy (non-hydrogen) atoms. The summed E-state index contributed by atoms with van der Waals surface area (Å²) < 4.78 is 28.9. The molecule has 0 bridgehead atoms. The highest BCUT2D eigenvalue weighted by Crippen LogP contribution is 2.31. The summed E-state index contributed by atoms with van der Waals surface area (Å²) in [6.45, 7) is 1.88. The van der Waals surface area contributed by atoms with Crippen LogP contribution in [-0.2, 0) is 9.84 Å². The van der Waals surface area contributed by atoms with Gasteiger partial charge < -0.3 is 9.84 Å². The first-order chi connectivity index (χ1) is 9.91. The van der Waals surface area contributed by atoms with Gasteiger partial charge in [-0.1, -0.05) is 31.2 Å². The average molecular weight is 306 g/mol. The fourth-order valence-electron chi connectivity index (χ4n) is 1.96. The molecular formula is C16H18O4S. The van der Waals surface area contributed by atoms with Crippen molar-refractivity contribution in [3.05, 3.63) is 54.1 Å². The summed E-state index contributed by atoms with van der Waals surface area (Å²) in [5.74, 6) is 0.950. The van der Waals surface area contributed by atoms with Crippen LogP contribution < -0.4 is 4.74 Å². The Morgan fingerprint density at radius 1 is 1.14 bits per heavy atom. The highest BCUT2D eigenvalue weighted by molar-refractivity contribution is 7.90. The third-order valence-corrected chi connectivity index (χ3v) is 4.24. The molecule has 112 valence electrons. The van der Waals surface area contributed by atoms with Crippen LogP contribution in [0.15, 0.2) is 53.4 Å². The number of aliphatic hydroxyl groups is 1. The van der Waals surface area contributed by atoms with E-state index in [4.69, 9.17) is 4.74 Å². The quantitative estimate of drug-likeness (QED) is 0.920. The highest BCUT2D eigenvalue weighted by atomic mass is 32.2. The number of aliphatic hydroxyl groups excluding tert-OH is 1. The van der Waals surface area contributed by atoms with Gasteiger partial charge in [0.2, 0.25) is 0 Å². The van der Waals surface area contributed by atoms with Gasteiger partial charge in [-0.05, 0) is 30.7 Å². The van der Waals surface area contributed by atoms with E-state index < -0.39 is 15.9 Å². The minimum Gasteiger partial charge on any atom is -0.457 e. The Labute approximate surface area is 124 Å². The first-order valence-corrected chi connectivity index (χ1v) is 8.56. The number of sulfone groups is 1. The van der Waals surface area contributed by atoms with Crippen molar-refractivity contribution in [1.29, 1.82) is 0 Å². The molecule has 0 unspecified atom stereocenters. The number of hydrogen-bond donors (Lipinski definition) is 1. The summed E-state index contributed by atoms with van der Waals surface area (Å²) in [5, 5.41) is 10.00. The maximum atomic E-state index is 11.6. The van der Waals surface area contributed by atoms with Gasteiger partial charge in [0, 0.05) is 11.8 Å². The molecule has 0 aromatic heterocycles. The van der Waals surface area contributed by atoms with E-state index in [1.54, 1.807) is 24.3 Å². The van der Waals surface area contributed by atoms with Crippen LogP contribution in [0.1, 0.15) is 25.0 Å². The Bertz CT molecular complexity index is 723. The molecular weight excluding hydrogens is 288 g/mol. The van der Waals surface area contributed by atoms with Crippen LogP contribution in [0.25, 0.3) is 0 Å². The zero-order chi connectivity index (χ0) is 15.5. The molecule has 0 aliphatic rings. The topological polar surface area (TPSA) is 63.6 Å². The van der Waals surface area contributed by atoms with Crippen molar-refractivity contribution in [3.63, 3.8) is 0 Å². The van der Waals surface area contributed by atoms with Crippen molar-refractivity contribution >= 4 is 9.84 Å². The number of para-hydroxylation sites is 1. The normalized spacial score (nSPS) is 12.9. The molecule has 1 N–H and O–H groups in total. The summed E-state index contributed by atoms with van der Waals surface area (Å²) >= 11 is 0. The van der Waals surface area contributed by atoms with Crippen LogP contribution in [0.2, 0.25) is 0 Å². The molecule has 0 heterocycles. The molecule has 0 saturated carbocycles. The molecule has 4 nitrogen and oxygen atoms in total. The van der Waals surface area contributed by atoms with Crippen molar-refractivity contribution in [2.24, 2.45) is 0 Å². The zero-order valence-electron chi connectivity index (χ0n) is 12.0. The van der Waals surface area contributed by atoms with Gasteiger partial charge in [-0.2, -0.15) is 0 Å². The van der Waals surface area contributed by atoms with Crippen molar-refractivity contribution in [2.75, 3.05) is 6.26 Å². The van der Waals surface area contributed by atoms with E-state index in [-0.39, 0.29) is 4.90 Å². The largest absolute Gasteiger partial charge is 0.457 e. The van der Waals surface area contributed by atoms with E-state index >= 15 is 0 Å². The molecule has 2 aromatic carbocycles. The summed E-state index contributed by atoms with van der Waals surface area (Å²) in [4.78, 5) is 0.202. The molecule has 0 spiro atoms. The van der Waals surface area contributed by atoms with E-state index in [0.717, 1.165) is 6.26 Å². The molecule has 0 aliphatic heterocycles. The summed E-state index contributed by atoms with van der Waals surface area (Å²) in [6.07, 6.45) is 1.12. The number of rotatable bonds is 5. The lowest BCUT2D eigenvalue weighted by Gasteiger charge is -2.15. The number of ether oxygens (including phenoxy) is 1. The molecule has 2 aromatic rings. The lowest BCUT2D eigenvalue weighted by molar-refractivity contribution is 0.170. The lowest BCUT2D eigenvalue weighted by atomic mass is 10.1. The Balaban J connectivity index is 2.35. The third kappa shape index (κ3) is 3.83. The van der Waals surface area contributed by atoms with Crippen molar-refractivity contribution < 1.29 is 18.3 Å². The molecule has 1 atom stereocenters. The van der Waals surface area contributed by atoms with Gasteiger partial charge in [-0.3, -0.25) is 0 Å².